The van der Waals surface area contributed by atoms with Gasteiger partial charge in [-0.05, 0) is 38.4 Å². The molecular formula is C12H21ClN6. The molecule has 0 aliphatic carbocycles. The standard InChI is InChI=1S/C12H21ClN6/c1-2-19-5-3-9(4-6-19)7-15-11-10(13)8-16-12(17-11)18-14/h8-9H,2-7,14H2,1H3,(H2,15,16,17,18). The predicted molar refractivity (Wildman–Crippen MR) is 78.2 cm³/mol. The van der Waals surface area contributed by atoms with E-state index in [1.165, 1.54) is 25.9 Å². The minimum atomic E-state index is 0.368. The lowest BCUT2D eigenvalue weighted by Crippen LogP contribution is -2.35. The highest BCUT2D eigenvalue weighted by atomic mass is 35.5. The number of likely N-dealkylation sites (tertiary alicyclic amines) is 1. The van der Waals surface area contributed by atoms with E-state index in [2.05, 4.69) is 32.5 Å². The molecule has 1 aliphatic rings. The van der Waals surface area contributed by atoms with Gasteiger partial charge in [0.25, 0.3) is 0 Å². The zero-order valence-electron chi connectivity index (χ0n) is 11.2. The summed E-state index contributed by atoms with van der Waals surface area (Å²) in [6, 6.07) is 0. The summed E-state index contributed by atoms with van der Waals surface area (Å²) >= 11 is 6.05. The molecule has 1 saturated heterocycles. The zero-order valence-corrected chi connectivity index (χ0v) is 12.0. The van der Waals surface area contributed by atoms with Crippen LogP contribution >= 0.6 is 11.6 Å². The molecule has 0 unspecified atom stereocenters. The molecule has 19 heavy (non-hydrogen) atoms. The second kappa shape index (κ2) is 6.88. The first-order chi connectivity index (χ1) is 9.22. The normalized spacial score (nSPS) is 17.4. The lowest BCUT2D eigenvalue weighted by atomic mass is 9.97. The van der Waals surface area contributed by atoms with Gasteiger partial charge in [0.15, 0.2) is 5.82 Å². The zero-order chi connectivity index (χ0) is 13.7. The van der Waals surface area contributed by atoms with Gasteiger partial charge in [0.2, 0.25) is 5.95 Å². The number of hydrogen-bond acceptors (Lipinski definition) is 6. The van der Waals surface area contributed by atoms with Crippen molar-refractivity contribution < 1.29 is 0 Å². The van der Waals surface area contributed by atoms with Crippen molar-refractivity contribution in [1.29, 1.82) is 0 Å². The van der Waals surface area contributed by atoms with Crippen LogP contribution in [0.4, 0.5) is 11.8 Å². The van der Waals surface area contributed by atoms with Crippen molar-refractivity contribution in [2.75, 3.05) is 36.9 Å². The first-order valence-electron chi connectivity index (χ1n) is 6.68. The van der Waals surface area contributed by atoms with Crippen LogP contribution in [-0.2, 0) is 0 Å². The van der Waals surface area contributed by atoms with Crippen LogP contribution in [0, 0.1) is 5.92 Å². The Morgan fingerprint density at radius 3 is 2.84 bits per heavy atom. The quantitative estimate of drug-likeness (QED) is 0.562. The second-order valence-electron chi connectivity index (χ2n) is 4.79. The Hall–Kier alpha value is -1.11. The molecule has 1 aromatic rings. The molecule has 0 radical (unpaired) electrons. The van der Waals surface area contributed by atoms with Crippen LogP contribution in [0.1, 0.15) is 19.8 Å². The maximum absolute atomic E-state index is 6.05. The van der Waals surface area contributed by atoms with E-state index in [1.807, 2.05) is 0 Å². The Balaban J connectivity index is 1.85. The summed E-state index contributed by atoms with van der Waals surface area (Å²) in [7, 11) is 0. The topological polar surface area (TPSA) is 79.1 Å². The first-order valence-corrected chi connectivity index (χ1v) is 7.06. The highest BCUT2D eigenvalue weighted by Gasteiger charge is 2.18. The van der Waals surface area contributed by atoms with Crippen LogP contribution in [0.25, 0.3) is 0 Å². The number of halogens is 1. The lowest BCUT2D eigenvalue weighted by Gasteiger charge is -2.31. The van der Waals surface area contributed by atoms with Gasteiger partial charge in [-0.15, -0.1) is 0 Å². The Morgan fingerprint density at radius 2 is 2.21 bits per heavy atom. The molecule has 2 rings (SSSR count). The van der Waals surface area contributed by atoms with Crippen LogP contribution in [-0.4, -0.2) is 41.0 Å². The SMILES string of the molecule is CCN1CCC(CNc2nc(NN)ncc2Cl)CC1. The van der Waals surface area contributed by atoms with Crippen molar-refractivity contribution in [3.63, 3.8) is 0 Å². The van der Waals surface area contributed by atoms with E-state index in [0.717, 1.165) is 13.1 Å². The van der Waals surface area contributed by atoms with Gasteiger partial charge in [-0.3, -0.25) is 5.43 Å². The number of hydrogen-bond donors (Lipinski definition) is 3. The molecule has 1 aromatic heterocycles. The Labute approximate surface area is 118 Å². The van der Waals surface area contributed by atoms with E-state index < -0.39 is 0 Å². The largest absolute Gasteiger partial charge is 0.368 e. The minimum Gasteiger partial charge on any atom is -0.368 e. The van der Waals surface area contributed by atoms with Gasteiger partial charge >= 0.3 is 0 Å². The number of aromatic nitrogens is 2. The Morgan fingerprint density at radius 1 is 1.47 bits per heavy atom. The van der Waals surface area contributed by atoms with E-state index in [0.29, 0.717) is 22.7 Å². The summed E-state index contributed by atoms with van der Waals surface area (Å²) in [6.45, 7) is 6.59. The van der Waals surface area contributed by atoms with Crippen molar-refractivity contribution in [2.24, 2.45) is 11.8 Å². The number of nitrogens with one attached hydrogen (secondary N) is 2. The van der Waals surface area contributed by atoms with E-state index in [1.54, 1.807) is 6.20 Å². The van der Waals surface area contributed by atoms with Crippen molar-refractivity contribution >= 4 is 23.4 Å². The molecule has 0 saturated carbocycles. The van der Waals surface area contributed by atoms with Gasteiger partial charge < -0.3 is 10.2 Å². The van der Waals surface area contributed by atoms with Crippen LogP contribution < -0.4 is 16.6 Å². The van der Waals surface area contributed by atoms with E-state index >= 15 is 0 Å². The Kier molecular flexibility index (Phi) is 5.18. The number of nitrogens with zero attached hydrogens (tertiary/aromatic N) is 3. The smallest absolute Gasteiger partial charge is 0.239 e. The highest BCUT2D eigenvalue weighted by Crippen LogP contribution is 2.22. The van der Waals surface area contributed by atoms with Crippen molar-refractivity contribution in [3.8, 4) is 0 Å². The van der Waals surface area contributed by atoms with Crippen LogP contribution in [0.5, 0.6) is 0 Å². The van der Waals surface area contributed by atoms with Crippen LogP contribution in [0.15, 0.2) is 6.20 Å². The summed E-state index contributed by atoms with van der Waals surface area (Å²) in [6.07, 6.45) is 3.98. The van der Waals surface area contributed by atoms with E-state index in [9.17, 15) is 0 Å². The van der Waals surface area contributed by atoms with Crippen LogP contribution in [0.2, 0.25) is 5.02 Å². The molecular weight excluding hydrogens is 264 g/mol. The third-order valence-electron chi connectivity index (χ3n) is 3.59. The monoisotopic (exact) mass is 284 g/mol. The number of nitrogens with two attached hydrogens (primary N) is 1. The molecule has 1 fully saturated rings. The second-order valence-corrected chi connectivity index (χ2v) is 5.20. The van der Waals surface area contributed by atoms with E-state index in [-0.39, 0.29) is 0 Å². The van der Waals surface area contributed by atoms with Crippen LogP contribution in [0.3, 0.4) is 0 Å². The third kappa shape index (κ3) is 3.92. The Bertz CT molecular complexity index is 405. The lowest BCUT2D eigenvalue weighted by molar-refractivity contribution is 0.198. The fraction of sp³-hybridized carbons (Fsp3) is 0.667. The van der Waals surface area contributed by atoms with Gasteiger partial charge in [-0.1, -0.05) is 18.5 Å². The summed E-state index contributed by atoms with van der Waals surface area (Å²) in [4.78, 5) is 10.6. The minimum absolute atomic E-state index is 0.368. The van der Waals surface area contributed by atoms with Crippen molar-refractivity contribution in [2.45, 2.75) is 19.8 Å². The molecule has 0 atom stereocenters. The molecule has 0 spiro atoms. The molecule has 2 heterocycles. The molecule has 106 valence electrons. The van der Waals surface area contributed by atoms with Gasteiger partial charge in [0.05, 0.1) is 6.20 Å². The van der Waals surface area contributed by atoms with Crippen molar-refractivity contribution in [3.05, 3.63) is 11.2 Å². The third-order valence-corrected chi connectivity index (χ3v) is 3.86. The molecule has 7 heteroatoms. The number of piperidine rings is 1. The number of anilines is 2. The van der Waals surface area contributed by atoms with Gasteiger partial charge in [-0.2, -0.15) is 4.98 Å². The van der Waals surface area contributed by atoms with Crippen molar-refractivity contribution in [1.82, 2.24) is 14.9 Å². The molecule has 0 bridgehead atoms. The number of hydrazine groups is 1. The maximum Gasteiger partial charge on any atom is 0.239 e. The summed E-state index contributed by atoms with van der Waals surface area (Å²) in [5.74, 6) is 6.97. The van der Waals surface area contributed by atoms with Gasteiger partial charge in [0.1, 0.15) is 5.02 Å². The fourth-order valence-corrected chi connectivity index (χ4v) is 2.47. The molecule has 6 nitrogen and oxygen atoms in total. The number of nitrogen functional groups attached to an aromatic ring is 1. The summed E-state index contributed by atoms with van der Waals surface area (Å²) in [5.41, 5.74) is 2.42. The molecule has 1 aliphatic heterocycles. The average Bonchev–Trinajstić information content (AvgIpc) is 2.47. The van der Waals surface area contributed by atoms with Gasteiger partial charge in [0, 0.05) is 6.54 Å². The molecule has 4 N–H and O–H groups in total. The average molecular weight is 285 g/mol. The summed E-state index contributed by atoms with van der Waals surface area (Å²) < 4.78 is 0. The fourth-order valence-electron chi connectivity index (χ4n) is 2.31. The van der Waals surface area contributed by atoms with Gasteiger partial charge in [-0.25, -0.2) is 10.8 Å². The molecule has 0 aromatic carbocycles. The number of rotatable bonds is 5. The maximum atomic E-state index is 6.05. The highest BCUT2D eigenvalue weighted by molar-refractivity contribution is 6.32. The molecule has 0 amide bonds. The predicted octanol–water partition coefficient (Wildman–Crippen LogP) is 1.56. The summed E-state index contributed by atoms with van der Waals surface area (Å²) in [5, 5.41) is 3.81. The van der Waals surface area contributed by atoms with E-state index in [4.69, 9.17) is 17.4 Å². The first kappa shape index (κ1) is 14.3.